The molecular weight excluding hydrogens is 355 g/mol. The lowest BCUT2D eigenvalue weighted by molar-refractivity contribution is 0.291. The predicted octanol–water partition coefficient (Wildman–Crippen LogP) is 5.63. The van der Waals surface area contributed by atoms with Crippen LogP contribution in [0.25, 0.3) is 0 Å². The normalized spacial score (nSPS) is 17.2. The minimum absolute atomic E-state index is 0.0307. The second-order valence-electron chi connectivity index (χ2n) is 5.93. The molecule has 3 rings (SSSR count). The van der Waals surface area contributed by atoms with Crippen molar-refractivity contribution in [1.29, 1.82) is 0 Å². The zero-order valence-electron chi connectivity index (χ0n) is 11.8. The van der Waals surface area contributed by atoms with Crippen LogP contribution in [0.2, 0.25) is 5.02 Å². The molecule has 0 saturated heterocycles. The second-order valence-corrected chi connectivity index (χ2v) is 7.25. The van der Waals surface area contributed by atoms with Gasteiger partial charge in [0.1, 0.15) is 11.6 Å². The largest absolute Gasteiger partial charge is 0.492 e. The van der Waals surface area contributed by atoms with Crippen molar-refractivity contribution in [3.63, 3.8) is 0 Å². The summed E-state index contributed by atoms with van der Waals surface area (Å²) in [5, 5.41) is 0.424. The van der Waals surface area contributed by atoms with E-state index in [4.69, 9.17) is 16.3 Å². The van der Waals surface area contributed by atoms with Crippen molar-refractivity contribution in [2.24, 2.45) is 0 Å². The fraction of sp³-hybridized carbons (Fsp3) is 0.294. The molecular formula is C17H15BrClFO. The van der Waals surface area contributed by atoms with Crippen molar-refractivity contribution in [3.8, 4) is 5.75 Å². The van der Waals surface area contributed by atoms with Crippen LogP contribution in [-0.2, 0) is 5.41 Å². The second kappa shape index (κ2) is 5.29. The van der Waals surface area contributed by atoms with Gasteiger partial charge in [-0.1, -0.05) is 53.5 Å². The summed E-state index contributed by atoms with van der Waals surface area (Å²) in [5.41, 5.74) is 2.56. The minimum Gasteiger partial charge on any atom is -0.492 e. The van der Waals surface area contributed by atoms with Gasteiger partial charge in [-0.05, 0) is 29.8 Å². The Hall–Kier alpha value is -1.06. The molecule has 0 aromatic heterocycles. The highest BCUT2D eigenvalue weighted by Gasteiger charge is 2.32. The van der Waals surface area contributed by atoms with Gasteiger partial charge in [-0.2, -0.15) is 0 Å². The van der Waals surface area contributed by atoms with E-state index in [0.717, 1.165) is 16.9 Å². The number of hydrogen-bond donors (Lipinski definition) is 0. The van der Waals surface area contributed by atoms with Crippen molar-refractivity contribution in [3.05, 3.63) is 63.9 Å². The molecule has 1 heterocycles. The Morgan fingerprint density at radius 1 is 1.29 bits per heavy atom. The predicted molar refractivity (Wildman–Crippen MR) is 87.1 cm³/mol. The summed E-state index contributed by atoms with van der Waals surface area (Å²) in [4.78, 5) is -0.284. The molecule has 0 aliphatic carbocycles. The van der Waals surface area contributed by atoms with Gasteiger partial charge in [0.15, 0.2) is 0 Å². The minimum atomic E-state index is -0.305. The van der Waals surface area contributed by atoms with E-state index < -0.39 is 0 Å². The van der Waals surface area contributed by atoms with Crippen molar-refractivity contribution in [2.75, 3.05) is 6.61 Å². The lowest BCUT2D eigenvalue weighted by Gasteiger charge is -2.18. The molecule has 0 N–H and O–H groups in total. The van der Waals surface area contributed by atoms with Crippen LogP contribution < -0.4 is 4.74 Å². The number of benzene rings is 2. The third-order valence-corrected chi connectivity index (χ3v) is 5.18. The first-order valence-corrected chi connectivity index (χ1v) is 8.05. The molecule has 1 nitrogen and oxygen atoms in total. The maximum Gasteiger partial charge on any atom is 0.129 e. The summed E-state index contributed by atoms with van der Waals surface area (Å²) in [6, 6.07) is 10.7. The Balaban J connectivity index is 2.06. The highest BCUT2D eigenvalue weighted by molar-refractivity contribution is 9.09. The van der Waals surface area contributed by atoms with Gasteiger partial charge in [0.25, 0.3) is 0 Å². The Labute approximate surface area is 137 Å². The summed E-state index contributed by atoms with van der Waals surface area (Å²) in [6.07, 6.45) is 0. The molecule has 2 aromatic carbocycles. The van der Waals surface area contributed by atoms with Crippen LogP contribution in [0.4, 0.5) is 4.39 Å². The van der Waals surface area contributed by atoms with Gasteiger partial charge in [-0.25, -0.2) is 4.39 Å². The van der Waals surface area contributed by atoms with Crippen molar-refractivity contribution < 1.29 is 9.13 Å². The topological polar surface area (TPSA) is 9.23 Å². The number of halogens is 3. The molecule has 21 heavy (non-hydrogen) atoms. The molecule has 1 unspecified atom stereocenters. The number of rotatable bonds is 2. The Kier molecular flexibility index (Phi) is 3.74. The molecule has 0 spiro atoms. The summed E-state index contributed by atoms with van der Waals surface area (Å²) in [7, 11) is 0. The molecule has 1 aliphatic rings. The molecule has 0 amide bonds. The lowest BCUT2D eigenvalue weighted by Crippen LogP contribution is -2.18. The molecule has 1 aliphatic heterocycles. The molecule has 4 heteroatoms. The Morgan fingerprint density at radius 2 is 2.05 bits per heavy atom. The van der Waals surface area contributed by atoms with Crippen LogP contribution >= 0.6 is 27.5 Å². The van der Waals surface area contributed by atoms with E-state index in [2.05, 4.69) is 35.8 Å². The summed E-state index contributed by atoms with van der Waals surface area (Å²) < 4.78 is 19.8. The van der Waals surface area contributed by atoms with E-state index in [9.17, 15) is 4.39 Å². The molecule has 0 bridgehead atoms. The van der Waals surface area contributed by atoms with E-state index in [1.54, 1.807) is 12.1 Å². The zero-order valence-corrected chi connectivity index (χ0v) is 14.1. The summed E-state index contributed by atoms with van der Waals surface area (Å²) in [5.74, 6) is 0.600. The number of ether oxygens (including phenoxy) is 1. The average molecular weight is 370 g/mol. The van der Waals surface area contributed by atoms with Crippen molar-refractivity contribution in [1.82, 2.24) is 0 Å². The molecule has 1 atom stereocenters. The van der Waals surface area contributed by atoms with Gasteiger partial charge in [0.05, 0.1) is 11.4 Å². The summed E-state index contributed by atoms with van der Waals surface area (Å²) >= 11 is 9.73. The first-order chi connectivity index (χ1) is 9.90. The number of alkyl halides is 1. The van der Waals surface area contributed by atoms with Crippen LogP contribution in [-0.4, -0.2) is 6.61 Å². The van der Waals surface area contributed by atoms with Crippen LogP contribution in [0.15, 0.2) is 36.4 Å². The third-order valence-electron chi connectivity index (χ3n) is 3.87. The standard InChI is InChI=1S/C17H15BrClFO/c1-17(2)9-21-14-7-6-10(8-11(14)17)16(18)15-12(19)4-3-5-13(15)20/h3-8,16H,9H2,1-2H3. The van der Waals surface area contributed by atoms with Crippen LogP contribution in [0.1, 0.15) is 35.4 Å². The van der Waals surface area contributed by atoms with Gasteiger partial charge in [0, 0.05) is 21.6 Å². The van der Waals surface area contributed by atoms with E-state index >= 15 is 0 Å². The van der Waals surface area contributed by atoms with Gasteiger partial charge in [-0.3, -0.25) is 0 Å². The molecule has 0 saturated carbocycles. The average Bonchev–Trinajstić information content (AvgIpc) is 2.74. The van der Waals surface area contributed by atoms with E-state index in [0.29, 0.717) is 17.2 Å². The smallest absolute Gasteiger partial charge is 0.129 e. The molecule has 110 valence electrons. The fourth-order valence-electron chi connectivity index (χ4n) is 2.62. The van der Waals surface area contributed by atoms with Crippen LogP contribution in [0.3, 0.4) is 0 Å². The SMILES string of the molecule is CC1(C)COc2ccc(C(Br)c3c(F)cccc3Cl)cc21. The molecule has 0 fully saturated rings. The number of hydrogen-bond acceptors (Lipinski definition) is 1. The van der Waals surface area contributed by atoms with Crippen molar-refractivity contribution >= 4 is 27.5 Å². The van der Waals surface area contributed by atoms with Crippen LogP contribution in [0.5, 0.6) is 5.75 Å². The highest BCUT2D eigenvalue weighted by atomic mass is 79.9. The van der Waals surface area contributed by atoms with Gasteiger partial charge in [-0.15, -0.1) is 0 Å². The van der Waals surface area contributed by atoms with Gasteiger partial charge >= 0.3 is 0 Å². The maximum atomic E-state index is 14.1. The number of fused-ring (bicyclic) bond motifs is 1. The quantitative estimate of drug-likeness (QED) is 0.623. The Bertz CT molecular complexity index is 679. The summed E-state index contributed by atoms with van der Waals surface area (Å²) in [6.45, 7) is 4.95. The van der Waals surface area contributed by atoms with E-state index in [1.807, 2.05) is 12.1 Å². The van der Waals surface area contributed by atoms with Gasteiger partial charge < -0.3 is 4.74 Å². The monoisotopic (exact) mass is 368 g/mol. The molecule has 2 aromatic rings. The Morgan fingerprint density at radius 3 is 2.76 bits per heavy atom. The van der Waals surface area contributed by atoms with Crippen molar-refractivity contribution in [2.45, 2.75) is 24.1 Å². The zero-order chi connectivity index (χ0) is 15.2. The lowest BCUT2D eigenvalue weighted by atomic mass is 9.85. The van der Waals surface area contributed by atoms with Crippen LogP contribution in [0, 0.1) is 5.82 Å². The highest BCUT2D eigenvalue weighted by Crippen LogP contribution is 2.43. The molecule has 0 radical (unpaired) electrons. The third kappa shape index (κ3) is 2.58. The first-order valence-electron chi connectivity index (χ1n) is 6.75. The van der Waals surface area contributed by atoms with Gasteiger partial charge in [0.2, 0.25) is 0 Å². The maximum absolute atomic E-state index is 14.1. The van der Waals surface area contributed by atoms with E-state index in [-0.39, 0.29) is 16.1 Å². The van der Waals surface area contributed by atoms with E-state index in [1.165, 1.54) is 6.07 Å². The first kappa shape index (κ1) is 14.9. The fourth-order valence-corrected chi connectivity index (χ4v) is 3.77.